The van der Waals surface area contributed by atoms with Crippen LogP contribution in [-0.2, 0) is 0 Å². The molecule has 0 aromatic carbocycles. The molecule has 1 rings (SSSR count). The predicted molar refractivity (Wildman–Crippen MR) is 58.4 cm³/mol. The van der Waals surface area contributed by atoms with Crippen LogP contribution in [0.25, 0.3) is 0 Å². The van der Waals surface area contributed by atoms with Crippen LogP contribution in [0.3, 0.4) is 0 Å². The first-order chi connectivity index (χ1) is 6.85. The molecule has 0 amide bonds. The number of hydrogen-bond acceptors (Lipinski definition) is 2. The molecule has 1 fully saturated rings. The van der Waals surface area contributed by atoms with Crippen molar-refractivity contribution in [2.45, 2.75) is 44.6 Å². The number of likely N-dealkylation sites (tertiary alicyclic amines) is 1. The summed E-state index contributed by atoms with van der Waals surface area (Å²) in [5.41, 5.74) is 0.0972. The van der Waals surface area contributed by atoms with E-state index in [9.17, 15) is 8.78 Å². The highest BCUT2D eigenvalue weighted by Crippen LogP contribution is 2.27. The van der Waals surface area contributed by atoms with Crippen molar-refractivity contribution < 1.29 is 8.78 Å². The topological polar surface area (TPSA) is 15.3 Å². The molecule has 0 saturated carbocycles. The van der Waals surface area contributed by atoms with Gasteiger partial charge >= 0.3 is 0 Å². The quantitative estimate of drug-likeness (QED) is 0.780. The summed E-state index contributed by atoms with van der Waals surface area (Å²) in [4.78, 5) is 2.14. The maximum atomic E-state index is 12.9. The fourth-order valence-electron chi connectivity index (χ4n) is 1.67. The zero-order chi connectivity index (χ0) is 11.5. The van der Waals surface area contributed by atoms with Crippen LogP contribution in [0.4, 0.5) is 8.78 Å². The minimum atomic E-state index is -2.42. The number of nitrogens with one attached hydrogen (secondary N) is 1. The fraction of sp³-hybridized carbons (Fsp3) is 1.00. The van der Waals surface area contributed by atoms with E-state index in [0.717, 1.165) is 13.0 Å². The zero-order valence-corrected chi connectivity index (χ0v) is 9.95. The van der Waals surface area contributed by atoms with Crippen molar-refractivity contribution in [3.8, 4) is 0 Å². The molecule has 0 aliphatic carbocycles. The Morgan fingerprint density at radius 2 is 1.80 bits per heavy atom. The van der Waals surface area contributed by atoms with Crippen molar-refractivity contribution in [1.29, 1.82) is 0 Å². The van der Waals surface area contributed by atoms with Crippen molar-refractivity contribution >= 4 is 0 Å². The lowest BCUT2D eigenvalue weighted by molar-refractivity contribution is -0.0558. The van der Waals surface area contributed by atoms with Gasteiger partial charge in [0.2, 0.25) is 0 Å². The van der Waals surface area contributed by atoms with Gasteiger partial charge in [-0.05, 0) is 33.9 Å². The monoisotopic (exact) mass is 220 g/mol. The van der Waals surface area contributed by atoms with Gasteiger partial charge in [-0.15, -0.1) is 0 Å². The summed E-state index contributed by atoms with van der Waals surface area (Å²) < 4.78 is 25.8. The molecular formula is C11H22F2N2. The molecule has 1 heterocycles. The summed E-state index contributed by atoms with van der Waals surface area (Å²) in [6.45, 7) is 6.24. The largest absolute Gasteiger partial charge is 0.315 e. The molecule has 1 aliphatic heterocycles. The minimum absolute atomic E-state index is 0.0208. The highest BCUT2D eigenvalue weighted by Gasteiger charge is 2.34. The van der Waals surface area contributed by atoms with Gasteiger partial charge in [-0.2, -0.15) is 0 Å². The Morgan fingerprint density at radius 1 is 1.27 bits per heavy atom. The van der Waals surface area contributed by atoms with Crippen molar-refractivity contribution in [3.63, 3.8) is 0 Å². The molecule has 4 heteroatoms. The molecule has 0 aromatic heterocycles. The van der Waals surface area contributed by atoms with Crippen LogP contribution >= 0.6 is 0 Å². The average molecular weight is 220 g/mol. The van der Waals surface area contributed by atoms with Gasteiger partial charge in [0, 0.05) is 31.5 Å². The summed E-state index contributed by atoms with van der Waals surface area (Å²) in [7, 11) is 1.93. The van der Waals surface area contributed by atoms with Crippen LogP contribution < -0.4 is 5.32 Å². The number of piperidine rings is 1. The van der Waals surface area contributed by atoms with Crippen LogP contribution in [0, 0.1) is 0 Å². The highest BCUT2D eigenvalue weighted by atomic mass is 19.3. The maximum absolute atomic E-state index is 12.9. The Balaban J connectivity index is 2.25. The molecule has 0 unspecified atom stereocenters. The third-order valence-electron chi connectivity index (χ3n) is 3.32. The van der Waals surface area contributed by atoms with Crippen LogP contribution in [0.5, 0.6) is 0 Å². The van der Waals surface area contributed by atoms with Gasteiger partial charge in [0.05, 0.1) is 0 Å². The molecule has 0 radical (unpaired) electrons. The molecule has 1 aliphatic rings. The van der Waals surface area contributed by atoms with Gasteiger partial charge in [0.25, 0.3) is 5.92 Å². The summed E-state index contributed by atoms with van der Waals surface area (Å²) in [5, 5.41) is 3.22. The average Bonchev–Trinajstić information content (AvgIpc) is 2.16. The molecule has 2 nitrogen and oxygen atoms in total. The van der Waals surface area contributed by atoms with E-state index in [4.69, 9.17) is 0 Å². The first-order valence-electron chi connectivity index (χ1n) is 5.64. The second-order valence-corrected chi connectivity index (χ2v) is 5.08. The van der Waals surface area contributed by atoms with Crippen LogP contribution in [0.15, 0.2) is 0 Å². The smallest absolute Gasteiger partial charge is 0.250 e. The van der Waals surface area contributed by atoms with E-state index in [2.05, 4.69) is 24.1 Å². The third-order valence-corrected chi connectivity index (χ3v) is 3.32. The van der Waals surface area contributed by atoms with Gasteiger partial charge in [0.1, 0.15) is 0 Å². The van der Waals surface area contributed by atoms with E-state index in [1.54, 1.807) is 0 Å². The van der Waals surface area contributed by atoms with Gasteiger partial charge in [-0.25, -0.2) is 8.78 Å². The molecule has 0 spiro atoms. The van der Waals surface area contributed by atoms with E-state index in [1.807, 2.05) is 7.05 Å². The molecule has 0 aromatic rings. The third kappa shape index (κ3) is 4.43. The predicted octanol–water partition coefficient (Wildman–Crippen LogP) is 2.11. The van der Waals surface area contributed by atoms with E-state index < -0.39 is 5.92 Å². The first kappa shape index (κ1) is 12.8. The maximum Gasteiger partial charge on any atom is 0.250 e. The first-order valence-corrected chi connectivity index (χ1v) is 5.64. The summed E-state index contributed by atoms with van der Waals surface area (Å²) in [6.07, 6.45) is 1.04. The lowest BCUT2D eigenvalue weighted by Gasteiger charge is -2.34. The molecule has 1 N–H and O–H groups in total. The Kier molecular flexibility index (Phi) is 4.06. The molecule has 1 saturated heterocycles. The highest BCUT2D eigenvalue weighted by molar-refractivity contribution is 4.81. The van der Waals surface area contributed by atoms with Gasteiger partial charge in [0.15, 0.2) is 0 Å². The van der Waals surface area contributed by atoms with Crippen molar-refractivity contribution in [3.05, 3.63) is 0 Å². The molecule has 0 bridgehead atoms. The van der Waals surface area contributed by atoms with Crippen molar-refractivity contribution in [2.75, 3.05) is 26.7 Å². The Bertz CT molecular complexity index is 195. The normalized spacial score (nSPS) is 23.0. The standard InChI is InChI=1S/C11H22F2N2/c1-10(2,14-3)4-7-15-8-5-11(12,13)6-9-15/h14H,4-9H2,1-3H3. The molecular weight excluding hydrogens is 198 g/mol. The number of rotatable bonds is 4. The second-order valence-electron chi connectivity index (χ2n) is 5.08. The summed E-state index contributed by atoms with van der Waals surface area (Å²) >= 11 is 0. The number of nitrogens with zero attached hydrogens (tertiary/aromatic N) is 1. The van der Waals surface area contributed by atoms with Gasteiger partial charge in [-0.3, -0.25) is 0 Å². The number of hydrogen-bond donors (Lipinski definition) is 1. The Hall–Kier alpha value is -0.220. The van der Waals surface area contributed by atoms with Gasteiger partial charge in [-0.1, -0.05) is 0 Å². The Morgan fingerprint density at radius 3 is 2.27 bits per heavy atom. The molecule has 15 heavy (non-hydrogen) atoms. The van der Waals surface area contributed by atoms with E-state index in [1.165, 1.54) is 0 Å². The van der Waals surface area contributed by atoms with Crippen molar-refractivity contribution in [1.82, 2.24) is 10.2 Å². The zero-order valence-electron chi connectivity index (χ0n) is 9.95. The van der Waals surface area contributed by atoms with Crippen LogP contribution in [-0.4, -0.2) is 43.0 Å². The van der Waals surface area contributed by atoms with E-state index in [0.29, 0.717) is 13.1 Å². The Labute approximate surface area is 91.0 Å². The number of alkyl halides is 2. The van der Waals surface area contributed by atoms with E-state index >= 15 is 0 Å². The molecule has 90 valence electrons. The number of halogens is 2. The lowest BCUT2D eigenvalue weighted by atomic mass is 9.99. The summed E-state index contributed by atoms with van der Waals surface area (Å²) in [5.74, 6) is -2.42. The van der Waals surface area contributed by atoms with Crippen LogP contribution in [0.2, 0.25) is 0 Å². The van der Waals surface area contributed by atoms with Crippen molar-refractivity contribution in [2.24, 2.45) is 0 Å². The second kappa shape index (κ2) is 4.74. The lowest BCUT2D eigenvalue weighted by Crippen LogP contribution is -2.44. The van der Waals surface area contributed by atoms with E-state index in [-0.39, 0.29) is 18.4 Å². The minimum Gasteiger partial charge on any atom is -0.315 e. The van der Waals surface area contributed by atoms with Gasteiger partial charge < -0.3 is 10.2 Å². The fourth-order valence-corrected chi connectivity index (χ4v) is 1.67. The summed E-state index contributed by atoms with van der Waals surface area (Å²) in [6, 6.07) is 0. The van der Waals surface area contributed by atoms with Crippen LogP contribution in [0.1, 0.15) is 33.1 Å². The SMILES string of the molecule is CNC(C)(C)CCN1CCC(F)(F)CC1. The molecule has 0 atom stereocenters.